The number of aryl methyl sites for hydroxylation is 1. The molecule has 0 radical (unpaired) electrons. The summed E-state index contributed by atoms with van der Waals surface area (Å²) in [6.07, 6.45) is 3.83. The van der Waals surface area contributed by atoms with Crippen molar-refractivity contribution in [2.24, 2.45) is 5.92 Å². The molecule has 0 aliphatic heterocycles. The molecule has 1 saturated carbocycles. The third-order valence-electron chi connectivity index (χ3n) is 4.23. The van der Waals surface area contributed by atoms with Crippen LogP contribution in [-0.4, -0.2) is 18.1 Å². The average Bonchev–Trinajstić information content (AvgIpc) is 2.44. The SMILES string of the molecule is CCOC(=O)C1(Nc2ccc(C)cc2)CCC(C)CC1. The fourth-order valence-electron chi connectivity index (χ4n) is 2.82. The number of esters is 1. The molecule has 3 nitrogen and oxygen atoms in total. The summed E-state index contributed by atoms with van der Waals surface area (Å²) >= 11 is 0. The second kappa shape index (κ2) is 6.29. The molecule has 3 heteroatoms. The van der Waals surface area contributed by atoms with Crippen LogP contribution >= 0.6 is 0 Å². The van der Waals surface area contributed by atoms with Crippen LogP contribution in [0.2, 0.25) is 0 Å². The van der Waals surface area contributed by atoms with E-state index in [9.17, 15) is 4.79 Å². The Morgan fingerprint density at radius 3 is 2.45 bits per heavy atom. The van der Waals surface area contributed by atoms with Crippen molar-refractivity contribution in [1.29, 1.82) is 0 Å². The van der Waals surface area contributed by atoms with E-state index >= 15 is 0 Å². The fourth-order valence-corrected chi connectivity index (χ4v) is 2.82. The molecule has 20 heavy (non-hydrogen) atoms. The molecule has 0 unspecified atom stereocenters. The molecule has 0 spiro atoms. The number of hydrogen-bond acceptors (Lipinski definition) is 3. The lowest BCUT2D eigenvalue weighted by molar-refractivity contribution is -0.150. The summed E-state index contributed by atoms with van der Waals surface area (Å²) in [5.41, 5.74) is 1.67. The van der Waals surface area contributed by atoms with Gasteiger partial charge in [-0.25, -0.2) is 4.79 Å². The fraction of sp³-hybridized carbons (Fsp3) is 0.588. The first-order chi connectivity index (χ1) is 9.55. The van der Waals surface area contributed by atoms with Gasteiger partial charge >= 0.3 is 5.97 Å². The minimum Gasteiger partial charge on any atom is -0.464 e. The van der Waals surface area contributed by atoms with Crippen molar-refractivity contribution in [3.05, 3.63) is 29.8 Å². The third kappa shape index (κ3) is 3.33. The zero-order valence-electron chi connectivity index (χ0n) is 12.7. The average molecular weight is 275 g/mol. The molecule has 1 aliphatic rings. The topological polar surface area (TPSA) is 38.3 Å². The van der Waals surface area contributed by atoms with Gasteiger partial charge in [0.25, 0.3) is 0 Å². The molecule has 0 bridgehead atoms. The molecule has 0 aromatic heterocycles. The molecular formula is C17H25NO2. The lowest BCUT2D eigenvalue weighted by Gasteiger charge is -2.38. The number of rotatable bonds is 4. The van der Waals surface area contributed by atoms with Crippen molar-refractivity contribution in [1.82, 2.24) is 0 Å². The molecule has 1 N–H and O–H groups in total. The third-order valence-corrected chi connectivity index (χ3v) is 4.23. The lowest BCUT2D eigenvalue weighted by Crippen LogP contribution is -2.50. The molecule has 2 rings (SSSR count). The molecule has 0 atom stereocenters. The molecular weight excluding hydrogens is 250 g/mol. The van der Waals surface area contributed by atoms with Crippen LogP contribution in [0.25, 0.3) is 0 Å². The molecule has 1 fully saturated rings. The smallest absolute Gasteiger partial charge is 0.331 e. The van der Waals surface area contributed by atoms with Crippen molar-refractivity contribution < 1.29 is 9.53 Å². The van der Waals surface area contributed by atoms with Gasteiger partial charge in [-0.3, -0.25) is 0 Å². The van der Waals surface area contributed by atoms with Crippen LogP contribution in [0.3, 0.4) is 0 Å². The Hall–Kier alpha value is -1.51. The van der Waals surface area contributed by atoms with E-state index in [4.69, 9.17) is 4.74 Å². The Kier molecular flexibility index (Phi) is 4.69. The maximum atomic E-state index is 12.4. The standard InChI is InChI=1S/C17H25NO2/c1-4-20-16(19)17(11-9-14(3)10-12-17)18-15-7-5-13(2)6-8-15/h5-8,14,18H,4,9-12H2,1-3H3. The Morgan fingerprint density at radius 2 is 1.90 bits per heavy atom. The number of hydrogen-bond donors (Lipinski definition) is 1. The number of carbonyl (C=O) groups is 1. The van der Waals surface area contributed by atoms with Crippen molar-refractivity contribution in [2.45, 2.75) is 52.0 Å². The number of carbonyl (C=O) groups excluding carboxylic acids is 1. The van der Waals surface area contributed by atoms with Crippen LogP contribution in [0.15, 0.2) is 24.3 Å². The summed E-state index contributed by atoms with van der Waals surface area (Å²) in [7, 11) is 0. The number of nitrogens with one attached hydrogen (secondary N) is 1. The molecule has 0 saturated heterocycles. The summed E-state index contributed by atoms with van der Waals surface area (Å²) in [6.45, 7) is 6.61. The molecule has 1 aliphatic carbocycles. The summed E-state index contributed by atoms with van der Waals surface area (Å²) in [5, 5.41) is 3.45. The molecule has 110 valence electrons. The summed E-state index contributed by atoms with van der Waals surface area (Å²) in [5.74, 6) is 0.588. The molecule has 1 aromatic carbocycles. The highest BCUT2D eigenvalue weighted by atomic mass is 16.5. The Morgan fingerprint density at radius 1 is 1.30 bits per heavy atom. The van der Waals surface area contributed by atoms with Gasteiger partial charge in [0.05, 0.1) is 6.61 Å². The van der Waals surface area contributed by atoms with Gasteiger partial charge in [0.2, 0.25) is 0 Å². The number of benzene rings is 1. The van der Waals surface area contributed by atoms with E-state index < -0.39 is 5.54 Å². The van der Waals surface area contributed by atoms with Crippen LogP contribution in [0.1, 0.15) is 45.1 Å². The van der Waals surface area contributed by atoms with Gasteiger partial charge < -0.3 is 10.1 Å². The first-order valence-electron chi connectivity index (χ1n) is 7.58. The van der Waals surface area contributed by atoms with E-state index in [0.29, 0.717) is 12.5 Å². The van der Waals surface area contributed by atoms with Crippen molar-refractivity contribution >= 4 is 11.7 Å². The van der Waals surface area contributed by atoms with Crippen molar-refractivity contribution in [2.75, 3.05) is 11.9 Å². The van der Waals surface area contributed by atoms with Crippen LogP contribution in [-0.2, 0) is 9.53 Å². The highest BCUT2D eigenvalue weighted by molar-refractivity contribution is 5.84. The Bertz CT molecular complexity index is 445. The highest BCUT2D eigenvalue weighted by Crippen LogP contribution is 2.35. The van der Waals surface area contributed by atoms with Gasteiger partial charge in [-0.2, -0.15) is 0 Å². The maximum absolute atomic E-state index is 12.4. The minimum absolute atomic E-state index is 0.104. The Labute approximate surface area is 121 Å². The second-order valence-corrected chi connectivity index (χ2v) is 5.98. The molecule has 0 heterocycles. The number of anilines is 1. The van der Waals surface area contributed by atoms with Gasteiger partial charge in [-0.05, 0) is 57.6 Å². The molecule has 1 aromatic rings. The predicted molar refractivity (Wildman–Crippen MR) is 81.8 cm³/mol. The van der Waals surface area contributed by atoms with Crippen LogP contribution in [0.4, 0.5) is 5.69 Å². The van der Waals surface area contributed by atoms with Crippen LogP contribution < -0.4 is 5.32 Å². The summed E-state index contributed by atoms with van der Waals surface area (Å²) < 4.78 is 5.31. The van der Waals surface area contributed by atoms with Gasteiger partial charge in [0, 0.05) is 5.69 Å². The van der Waals surface area contributed by atoms with Crippen LogP contribution in [0, 0.1) is 12.8 Å². The normalized spacial score (nSPS) is 26.1. The van der Waals surface area contributed by atoms with E-state index in [1.54, 1.807) is 0 Å². The zero-order chi connectivity index (χ0) is 14.6. The Balaban J connectivity index is 2.18. The lowest BCUT2D eigenvalue weighted by atomic mass is 9.77. The van der Waals surface area contributed by atoms with Crippen LogP contribution in [0.5, 0.6) is 0 Å². The quantitative estimate of drug-likeness (QED) is 0.846. The van der Waals surface area contributed by atoms with Gasteiger partial charge in [-0.15, -0.1) is 0 Å². The minimum atomic E-state index is -0.544. The van der Waals surface area contributed by atoms with Crippen molar-refractivity contribution in [3.8, 4) is 0 Å². The maximum Gasteiger partial charge on any atom is 0.331 e. The molecule has 0 amide bonds. The van der Waals surface area contributed by atoms with E-state index in [0.717, 1.165) is 31.4 Å². The number of ether oxygens (including phenoxy) is 1. The largest absolute Gasteiger partial charge is 0.464 e. The highest BCUT2D eigenvalue weighted by Gasteiger charge is 2.42. The first-order valence-corrected chi connectivity index (χ1v) is 7.58. The van der Waals surface area contributed by atoms with E-state index in [2.05, 4.69) is 31.3 Å². The first kappa shape index (κ1) is 14.9. The summed E-state index contributed by atoms with van der Waals surface area (Å²) in [6, 6.07) is 8.20. The second-order valence-electron chi connectivity index (χ2n) is 5.98. The van der Waals surface area contributed by atoms with Gasteiger partial charge in [0.1, 0.15) is 5.54 Å². The summed E-state index contributed by atoms with van der Waals surface area (Å²) in [4.78, 5) is 12.4. The van der Waals surface area contributed by atoms with Crippen molar-refractivity contribution in [3.63, 3.8) is 0 Å². The monoisotopic (exact) mass is 275 g/mol. The van der Waals surface area contributed by atoms with E-state index in [1.165, 1.54) is 5.56 Å². The predicted octanol–water partition coefficient (Wildman–Crippen LogP) is 3.92. The van der Waals surface area contributed by atoms with Gasteiger partial charge in [-0.1, -0.05) is 24.6 Å². The van der Waals surface area contributed by atoms with Gasteiger partial charge in [0.15, 0.2) is 0 Å². The van der Waals surface area contributed by atoms with E-state index in [-0.39, 0.29) is 5.97 Å². The van der Waals surface area contributed by atoms with E-state index in [1.807, 2.05) is 19.1 Å². The zero-order valence-corrected chi connectivity index (χ0v) is 12.7.